The van der Waals surface area contributed by atoms with E-state index in [0.717, 1.165) is 36.9 Å². The van der Waals surface area contributed by atoms with E-state index in [1.807, 2.05) is 0 Å². The first-order chi connectivity index (χ1) is 10.9. The molecule has 8 heteroatoms. The molecular weight excluding hydrogens is 302 g/mol. The first kappa shape index (κ1) is 16.6. The van der Waals surface area contributed by atoms with Gasteiger partial charge in [0.05, 0.1) is 18.8 Å². The van der Waals surface area contributed by atoms with Gasteiger partial charge in [-0.2, -0.15) is 0 Å². The SMILES string of the molecule is Cc1ccc2c(c1)OC(C1=NCCN1)CN2C.O=C(O)C(=O)O. The standard InChI is InChI=1S/C13H17N3O.C2H2O4/c1-9-3-4-10-11(7-9)17-12(8-16(10)2)13-14-5-6-15-13;3-1(4)2(5)6/h3-4,7,12H,5-6,8H2,1-2H3,(H,14,15);(H,3,4)(H,5,6). The van der Waals surface area contributed by atoms with Crippen LogP contribution in [0.1, 0.15) is 5.56 Å². The molecule has 1 aromatic rings. The normalized spacial score (nSPS) is 18.6. The number of hydrogen-bond donors (Lipinski definition) is 3. The molecule has 0 spiro atoms. The number of benzene rings is 1. The number of likely N-dealkylation sites (N-methyl/N-ethyl adjacent to an activating group) is 1. The van der Waals surface area contributed by atoms with Gasteiger partial charge < -0.3 is 25.2 Å². The van der Waals surface area contributed by atoms with Gasteiger partial charge in [-0.15, -0.1) is 0 Å². The Kier molecular flexibility index (Phi) is 5.05. The number of carboxylic acids is 2. The topological polar surface area (TPSA) is 111 Å². The predicted octanol–water partition coefficient (Wildman–Crippen LogP) is 0.350. The number of aliphatic carboxylic acids is 2. The van der Waals surface area contributed by atoms with Crippen molar-refractivity contribution >= 4 is 23.5 Å². The van der Waals surface area contributed by atoms with Crippen LogP contribution >= 0.6 is 0 Å². The molecule has 2 heterocycles. The maximum Gasteiger partial charge on any atom is 0.414 e. The molecule has 23 heavy (non-hydrogen) atoms. The molecule has 124 valence electrons. The van der Waals surface area contributed by atoms with Gasteiger partial charge in [-0.05, 0) is 24.6 Å². The Hall–Kier alpha value is -2.77. The van der Waals surface area contributed by atoms with E-state index in [4.69, 9.17) is 24.5 Å². The van der Waals surface area contributed by atoms with Crippen LogP contribution in [-0.4, -0.2) is 60.8 Å². The summed E-state index contributed by atoms with van der Waals surface area (Å²) in [6, 6.07) is 6.32. The second-order valence-corrected chi connectivity index (χ2v) is 5.26. The van der Waals surface area contributed by atoms with Crippen molar-refractivity contribution in [2.75, 3.05) is 31.6 Å². The van der Waals surface area contributed by atoms with Crippen LogP contribution in [0.25, 0.3) is 0 Å². The van der Waals surface area contributed by atoms with E-state index < -0.39 is 11.9 Å². The fourth-order valence-electron chi connectivity index (χ4n) is 2.34. The van der Waals surface area contributed by atoms with Crippen molar-refractivity contribution in [3.63, 3.8) is 0 Å². The van der Waals surface area contributed by atoms with Crippen LogP contribution in [0.4, 0.5) is 5.69 Å². The van der Waals surface area contributed by atoms with E-state index in [1.54, 1.807) is 0 Å². The zero-order valence-corrected chi connectivity index (χ0v) is 12.9. The van der Waals surface area contributed by atoms with Crippen LogP contribution in [0, 0.1) is 6.92 Å². The number of hydrogen-bond acceptors (Lipinski definition) is 6. The lowest BCUT2D eigenvalue weighted by Crippen LogP contribution is -2.46. The van der Waals surface area contributed by atoms with Gasteiger partial charge in [-0.1, -0.05) is 6.07 Å². The first-order valence-electron chi connectivity index (χ1n) is 7.11. The predicted molar refractivity (Wildman–Crippen MR) is 84.4 cm³/mol. The number of anilines is 1. The lowest BCUT2D eigenvalue weighted by molar-refractivity contribution is -0.159. The van der Waals surface area contributed by atoms with Gasteiger partial charge >= 0.3 is 11.9 Å². The minimum absolute atomic E-state index is 0.0387. The van der Waals surface area contributed by atoms with Crippen LogP contribution in [0.2, 0.25) is 0 Å². The van der Waals surface area contributed by atoms with Gasteiger partial charge in [0.25, 0.3) is 0 Å². The number of aliphatic imine (C=N–C) groups is 1. The number of fused-ring (bicyclic) bond motifs is 1. The Morgan fingerprint density at radius 1 is 1.35 bits per heavy atom. The highest BCUT2D eigenvalue weighted by atomic mass is 16.5. The van der Waals surface area contributed by atoms with Crippen LogP contribution in [0.15, 0.2) is 23.2 Å². The van der Waals surface area contributed by atoms with E-state index in [-0.39, 0.29) is 6.10 Å². The third-order valence-corrected chi connectivity index (χ3v) is 3.42. The maximum absolute atomic E-state index is 9.10. The molecule has 0 bridgehead atoms. The second-order valence-electron chi connectivity index (χ2n) is 5.26. The molecule has 0 saturated heterocycles. The van der Waals surface area contributed by atoms with Crippen LogP contribution in [0.5, 0.6) is 5.75 Å². The number of nitrogens with zero attached hydrogens (tertiary/aromatic N) is 2. The van der Waals surface area contributed by atoms with E-state index in [0.29, 0.717) is 0 Å². The Morgan fingerprint density at radius 3 is 2.61 bits per heavy atom. The molecule has 1 atom stereocenters. The molecule has 0 fully saturated rings. The smallest absolute Gasteiger partial charge is 0.414 e. The monoisotopic (exact) mass is 321 g/mol. The molecule has 8 nitrogen and oxygen atoms in total. The van der Waals surface area contributed by atoms with Gasteiger partial charge in [0.2, 0.25) is 0 Å². The molecule has 3 N–H and O–H groups in total. The number of amidine groups is 1. The van der Waals surface area contributed by atoms with E-state index in [1.165, 1.54) is 5.56 Å². The van der Waals surface area contributed by atoms with Crippen molar-refractivity contribution in [2.24, 2.45) is 4.99 Å². The third-order valence-electron chi connectivity index (χ3n) is 3.42. The number of aryl methyl sites for hydroxylation is 1. The molecule has 1 aromatic carbocycles. The molecule has 0 amide bonds. The summed E-state index contributed by atoms with van der Waals surface area (Å²) in [4.78, 5) is 24.9. The van der Waals surface area contributed by atoms with Gasteiger partial charge in [-0.3, -0.25) is 4.99 Å². The van der Waals surface area contributed by atoms with Crippen molar-refractivity contribution in [3.05, 3.63) is 23.8 Å². The summed E-state index contributed by atoms with van der Waals surface area (Å²) < 4.78 is 6.03. The van der Waals surface area contributed by atoms with Gasteiger partial charge in [-0.25, -0.2) is 9.59 Å². The molecule has 0 saturated carbocycles. The highest BCUT2D eigenvalue weighted by Gasteiger charge is 2.28. The molecule has 2 aliphatic rings. The zero-order valence-electron chi connectivity index (χ0n) is 12.9. The summed E-state index contributed by atoms with van der Waals surface area (Å²) in [6.45, 7) is 4.72. The summed E-state index contributed by atoms with van der Waals surface area (Å²) in [5.41, 5.74) is 2.38. The first-order valence-corrected chi connectivity index (χ1v) is 7.11. The van der Waals surface area contributed by atoms with Crippen LogP contribution in [0.3, 0.4) is 0 Å². The minimum atomic E-state index is -1.82. The lowest BCUT2D eigenvalue weighted by Gasteiger charge is -2.34. The Bertz CT molecular complexity index is 632. The number of carbonyl (C=O) groups is 2. The number of rotatable bonds is 1. The number of carboxylic acid groups (broad SMARTS) is 2. The summed E-state index contributed by atoms with van der Waals surface area (Å²) in [5, 5.41) is 18.1. The fraction of sp³-hybridized carbons (Fsp3) is 0.400. The van der Waals surface area contributed by atoms with Crippen molar-refractivity contribution in [3.8, 4) is 5.75 Å². The molecule has 0 radical (unpaired) electrons. The van der Waals surface area contributed by atoms with Crippen molar-refractivity contribution in [1.82, 2.24) is 5.32 Å². The van der Waals surface area contributed by atoms with Crippen LogP contribution in [-0.2, 0) is 9.59 Å². The van der Waals surface area contributed by atoms with Gasteiger partial charge in [0, 0.05) is 13.6 Å². The molecule has 0 aliphatic carbocycles. The molecule has 2 aliphatic heterocycles. The lowest BCUT2D eigenvalue weighted by atomic mass is 10.1. The maximum atomic E-state index is 9.10. The third kappa shape index (κ3) is 4.12. The summed E-state index contributed by atoms with van der Waals surface area (Å²) in [7, 11) is 2.10. The zero-order chi connectivity index (χ0) is 17.0. The summed E-state index contributed by atoms with van der Waals surface area (Å²) >= 11 is 0. The Morgan fingerprint density at radius 2 is 2.04 bits per heavy atom. The average Bonchev–Trinajstić information content (AvgIpc) is 3.01. The van der Waals surface area contributed by atoms with Gasteiger partial charge in [0.15, 0.2) is 6.10 Å². The van der Waals surface area contributed by atoms with Crippen molar-refractivity contribution in [1.29, 1.82) is 0 Å². The van der Waals surface area contributed by atoms with E-state index >= 15 is 0 Å². The second kappa shape index (κ2) is 6.99. The number of nitrogens with one attached hydrogen (secondary N) is 1. The molecule has 1 unspecified atom stereocenters. The molecular formula is C15H19N3O5. The average molecular weight is 321 g/mol. The fourth-order valence-corrected chi connectivity index (χ4v) is 2.34. The molecule has 3 rings (SSSR count). The van der Waals surface area contributed by atoms with Crippen LogP contribution < -0.4 is 15.0 Å². The van der Waals surface area contributed by atoms with E-state index in [2.05, 4.69) is 47.4 Å². The summed E-state index contributed by atoms with van der Waals surface area (Å²) in [5.74, 6) is -1.70. The van der Waals surface area contributed by atoms with Crippen molar-refractivity contribution in [2.45, 2.75) is 13.0 Å². The minimum Gasteiger partial charge on any atom is -0.478 e. The van der Waals surface area contributed by atoms with Gasteiger partial charge in [0.1, 0.15) is 11.6 Å². The Labute approximate surface area is 133 Å². The highest BCUT2D eigenvalue weighted by molar-refractivity contribution is 6.27. The van der Waals surface area contributed by atoms with Crippen molar-refractivity contribution < 1.29 is 24.5 Å². The Balaban J connectivity index is 0.000000277. The largest absolute Gasteiger partial charge is 0.478 e. The quantitative estimate of drug-likeness (QED) is 0.640. The van der Waals surface area contributed by atoms with E-state index in [9.17, 15) is 0 Å². The molecule has 0 aromatic heterocycles. The number of ether oxygens (including phenoxy) is 1. The summed E-state index contributed by atoms with van der Waals surface area (Å²) in [6.07, 6.45) is 0.0387. The highest BCUT2D eigenvalue weighted by Crippen LogP contribution is 2.33.